The third kappa shape index (κ3) is 2.18. The molecule has 0 fully saturated rings. The van der Waals surface area contributed by atoms with Crippen molar-refractivity contribution in [3.63, 3.8) is 0 Å². The van der Waals surface area contributed by atoms with Gasteiger partial charge in [0.25, 0.3) is 0 Å². The Hall–Kier alpha value is -2.20. The number of nitrogens with two attached hydrogens (primary N) is 1. The SMILES string of the molecule is CCn1ccc(-c2cc([C@@H](C)N)c3ccccc3n2)n1. The summed E-state index contributed by atoms with van der Waals surface area (Å²) in [4.78, 5) is 4.70. The number of benzene rings is 1. The molecule has 2 aromatic heterocycles. The average Bonchev–Trinajstić information content (AvgIpc) is 2.95. The molecule has 0 aliphatic carbocycles. The topological polar surface area (TPSA) is 56.7 Å². The van der Waals surface area contributed by atoms with E-state index in [1.165, 1.54) is 0 Å². The van der Waals surface area contributed by atoms with Gasteiger partial charge in [-0.25, -0.2) is 4.98 Å². The van der Waals surface area contributed by atoms with Crippen molar-refractivity contribution in [3.05, 3.63) is 48.2 Å². The molecule has 0 aliphatic heterocycles. The summed E-state index contributed by atoms with van der Waals surface area (Å²) in [5.74, 6) is 0. The van der Waals surface area contributed by atoms with Crippen molar-refractivity contribution >= 4 is 10.9 Å². The number of fused-ring (bicyclic) bond motifs is 1. The first kappa shape index (κ1) is 12.8. The summed E-state index contributed by atoms with van der Waals surface area (Å²) in [7, 11) is 0. The molecular weight excluding hydrogens is 248 g/mol. The fourth-order valence-electron chi connectivity index (χ4n) is 2.38. The van der Waals surface area contributed by atoms with Crippen LogP contribution in [0.2, 0.25) is 0 Å². The number of para-hydroxylation sites is 1. The highest BCUT2D eigenvalue weighted by atomic mass is 15.3. The van der Waals surface area contributed by atoms with Crippen LogP contribution in [0.3, 0.4) is 0 Å². The van der Waals surface area contributed by atoms with Gasteiger partial charge in [0.2, 0.25) is 0 Å². The minimum atomic E-state index is -0.0325. The summed E-state index contributed by atoms with van der Waals surface area (Å²) in [6, 6.07) is 12.1. The molecule has 0 unspecified atom stereocenters. The summed E-state index contributed by atoms with van der Waals surface area (Å²) >= 11 is 0. The van der Waals surface area contributed by atoms with Gasteiger partial charge >= 0.3 is 0 Å². The second-order valence-corrected chi connectivity index (χ2v) is 4.96. The van der Waals surface area contributed by atoms with Gasteiger partial charge in [-0.15, -0.1) is 0 Å². The number of hydrogen-bond acceptors (Lipinski definition) is 3. The standard InChI is InChI=1S/C16H18N4/c1-3-20-9-8-15(19-20)16-10-13(11(2)17)12-6-4-5-7-14(12)18-16/h4-11H,3,17H2,1-2H3/t11-/m1/s1. The van der Waals surface area contributed by atoms with E-state index in [0.717, 1.165) is 34.4 Å². The van der Waals surface area contributed by atoms with Crippen molar-refractivity contribution in [1.82, 2.24) is 14.8 Å². The molecule has 0 amide bonds. The van der Waals surface area contributed by atoms with Gasteiger partial charge in [-0.1, -0.05) is 18.2 Å². The van der Waals surface area contributed by atoms with Crippen LogP contribution in [0.15, 0.2) is 42.6 Å². The predicted octanol–water partition coefficient (Wildman–Crippen LogP) is 3.14. The van der Waals surface area contributed by atoms with Crippen LogP contribution in [0, 0.1) is 0 Å². The highest BCUT2D eigenvalue weighted by molar-refractivity contribution is 5.85. The molecule has 3 aromatic rings. The Morgan fingerprint density at radius 3 is 2.70 bits per heavy atom. The molecule has 0 bridgehead atoms. The van der Waals surface area contributed by atoms with Gasteiger partial charge in [0.05, 0.1) is 11.2 Å². The number of aryl methyl sites for hydroxylation is 1. The van der Waals surface area contributed by atoms with Crippen LogP contribution < -0.4 is 5.73 Å². The van der Waals surface area contributed by atoms with Crippen molar-refractivity contribution < 1.29 is 0 Å². The molecule has 3 rings (SSSR count). The van der Waals surface area contributed by atoms with Gasteiger partial charge in [0.15, 0.2) is 0 Å². The molecule has 4 nitrogen and oxygen atoms in total. The zero-order chi connectivity index (χ0) is 14.1. The van der Waals surface area contributed by atoms with Crippen LogP contribution in [0.5, 0.6) is 0 Å². The molecule has 2 heterocycles. The summed E-state index contributed by atoms with van der Waals surface area (Å²) in [5.41, 5.74) is 9.94. The Morgan fingerprint density at radius 2 is 2.00 bits per heavy atom. The number of rotatable bonds is 3. The van der Waals surface area contributed by atoms with Crippen molar-refractivity contribution in [3.8, 4) is 11.4 Å². The van der Waals surface area contributed by atoms with Gasteiger partial charge in [0, 0.05) is 24.2 Å². The van der Waals surface area contributed by atoms with Crippen LogP contribution >= 0.6 is 0 Å². The first-order valence-corrected chi connectivity index (χ1v) is 6.88. The van der Waals surface area contributed by atoms with E-state index in [4.69, 9.17) is 10.7 Å². The van der Waals surface area contributed by atoms with Crippen molar-refractivity contribution in [1.29, 1.82) is 0 Å². The van der Waals surface area contributed by atoms with Crippen molar-refractivity contribution in [2.24, 2.45) is 5.73 Å². The van der Waals surface area contributed by atoms with Gasteiger partial charge in [-0.05, 0) is 37.6 Å². The normalized spacial score (nSPS) is 12.8. The minimum absolute atomic E-state index is 0.0325. The summed E-state index contributed by atoms with van der Waals surface area (Å²) in [5, 5.41) is 5.63. The summed E-state index contributed by atoms with van der Waals surface area (Å²) in [6.45, 7) is 4.92. The van der Waals surface area contributed by atoms with E-state index in [1.807, 2.05) is 42.1 Å². The lowest BCUT2D eigenvalue weighted by molar-refractivity contribution is 0.661. The van der Waals surface area contributed by atoms with E-state index in [-0.39, 0.29) is 6.04 Å². The lowest BCUT2D eigenvalue weighted by Gasteiger charge is -2.11. The molecule has 102 valence electrons. The number of pyridine rings is 1. The monoisotopic (exact) mass is 266 g/mol. The van der Waals surface area contributed by atoms with Gasteiger partial charge < -0.3 is 5.73 Å². The zero-order valence-electron chi connectivity index (χ0n) is 11.7. The maximum Gasteiger partial charge on any atom is 0.111 e. The van der Waals surface area contributed by atoms with E-state index < -0.39 is 0 Å². The minimum Gasteiger partial charge on any atom is -0.324 e. The molecule has 2 N–H and O–H groups in total. The molecule has 0 radical (unpaired) electrons. The predicted molar refractivity (Wildman–Crippen MR) is 81.2 cm³/mol. The van der Waals surface area contributed by atoms with E-state index in [9.17, 15) is 0 Å². The van der Waals surface area contributed by atoms with Gasteiger partial charge in [-0.3, -0.25) is 4.68 Å². The molecule has 0 spiro atoms. The molecule has 4 heteroatoms. The molecule has 1 aromatic carbocycles. The molecule has 1 atom stereocenters. The van der Waals surface area contributed by atoms with E-state index >= 15 is 0 Å². The van der Waals surface area contributed by atoms with Crippen LogP contribution in [0.4, 0.5) is 0 Å². The first-order chi connectivity index (χ1) is 9.69. The maximum atomic E-state index is 6.10. The molecule has 20 heavy (non-hydrogen) atoms. The average molecular weight is 266 g/mol. The van der Waals surface area contributed by atoms with Crippen LogP contribution in [-0.2, 0) is 6.54 Å². The van der Waals surface area contributed by atoms with Crippen molar-refractivity contribution in [2.75, 3.05) is 0 Å². The third-order valence-electron chi connectivity index (χ3n) is 3.47. The summed E-state index contributed by atoms with van der Waals surface area (Å²) < 4.78 is 1.90. The Kier molecular flexibility index (Phi) is 3.24. The Morgan fingerprint density at radius 1 is 1.20 bits per heavy atom. The smallest absolute Gasteiger partial charge is 0.111 e. The van der Waals surface area contributed by atoms with E-state index in [1.54, 1.807) is 0 Å². The lowest BCUT2D eigenvalue weighted by atomic mass is 10.0. The van der Waals surface area contributed by atoms with Gasteiger partial charge in [0.1, 0.15) is 5.69 Å². The Labute approximate surface area is 118 Å². The quantitative estimate of drug-likeness (QED) is 0.792. The first-order valence-electron chi connectivity index (χ1n) is 6.88. The van der Waals surface area contributed by atoms with E-state index in [0.29, 0.717) is 0 Å². The number of nitrogens with zero attached hydrogens (tertiary/aromatic N) is 3. The Bertz CT molecular complexity index is 743. The number of aromatic nitrogens is 3. The molecule has 0 aliphatic rings. The lowest BCUT2D eigenvalue weighted by Crippen LogP contribution is -2.07. The highest BCUT2D eigenvalue weighted by Crippen LogP contribution is 2.26. The van der Waals surface area contributed by atoms with Crippen LogP contribution in [0.1, 0.15) is 25.5 Å². The fourth-order valence-corrected chi connectivity index (χ4v) is 2.38. The van der Waals surface area contributed by atoms with Crippen molar-refractivity contribution in [2.45, 2.75) is 26.4 Å². The second-order valence-electron chi connectivity index (χ2n) is 4.96. The van der Waals surface area contributed by atoms with Gasteiger partial charge in [-0.2, -0.15) is 5.10 Å². The maximum absolute atomic E-state index is 6.10. The zero-order valence-corrected chi connectivity index (χ0v) is 11.7. The summed E-state index contributed by atoms with van der Waals surface area (Å²) in [6.07, 6.45) is 1.97. The largest absolute Gasteiger partial charge is 0.324 e. The Balaban J connectivity index is 2.21. The molecular formula is C16H18N4. The highest BCUT2D eigenvalue weighted by Gasteiger charge is 2.11. The number of hydrogen-bond donors (Lipinski definition) is 1. The van der Waals surface area contributed by atoms with E-state index in [2.05, 4.69) is 24.2 Å². The molecule has 0 saturated carbocycles. The third-order valence-corrected chi connectivity index (χ3v) is 3.47. The van der Waals surface area contributed by atoms with Crippen LogP contribution in [0.25, 0.3) is 22.3 Å². The second kappa shape index (κ2) is 5.06. The fraction of sp³-hybridized carbons (Fsp3) is 0.250. The van der Waals surface area contributed by atoms with Crippen LogP contribution in [-0.4, -0.2) is 14.8 Å². The molecule has 0 saturated heterocycles.